The van der Waals surface area contributed by atoms with Crippen molar-refractivity contribution in [2.45, 2.75) is 219 Å². The summed E-state index contributed by atoms with van der Waals surface area (Å²) in [5.41, 5.74) is 0. The van der Waals surface area contributed by atoms with Crippen molar-refractivity contribution in [1.82, 2.24) is 10.2 Å². The van der Waals surface area contributed by atoms with Gasteiger partial charge in [-0.25, -0.2) is 0 Å². The summed E-state index contributed by atoms with van der Waals surface area (Å²) in [7, 11) is 0. The maximum Gasteiger partial charge on any atom is 0.00670 e. The van der Waals surface area contributed by atoms with Gasteiger partial charge in [-0.1, -0.05) is 159 Å². The number of piperidine rings is 1. The van der Waals surface area contributed by atoms with E-state index in [4.69, 9.17) is 0 Å². The van der Waals surface area contributed by atoms with Crippen molar-refractivity contribution in [3.63, 3.8) is 0 Å². The summed E-state index contributed by atoms with van der Waals surface area (Å²) in [4.78, 5) is 2.70. The molecule has 1 fully saturated rings. The maximum atomic E-state index is 4.02. The second kappa shape index (κ2) is 38.7. The first kappa shape index (κ1) is 44.9. The fourth-order valence-corrected chi connectivity index (χ4v) is 7.06. The van der Waals surface area contributed by atoms with Gasteiger partial charge in [0.05, 0.1) is 0 Å². The summed E-state index contributed by atoms with van der Waals surface area (Å²) in [6, 6.07) is 0.747. The van der Waals surface area contributed by atoms with Gasteiger partial charge < -0.3 is 10.2 Å². The third kappa shape index (κ3) is 33.4. The molecule has 0 aromatic rings. The van der Waals surface area contributed by atoms with Crippen LogP contribution in [-0.2, 0) is 0 Å². The Morgan fingerprint density at radius 3 is 1.31 bits per heavy atom. The predicted octanol–water partition coefficient (Wildman–Crippen LogP) is 14.6. The highest BCUT2D eigenvalue weighted by Crippen LogP contribution is 2.16. The molecule has 0 aromatic carbocycles. The SMILES string of the molecule is CCCCCC=CCC=CCCCCCCCCC(CCCCCCCCC=CCC=CCCCCC)NCCCCN1CCCCC1. The summed E-state index contributed by atoms with van der Waals surface area (Å²) in [5, 5.41) is 4.02. The molecule has 0 aromatic heterocycles. The van der Waals surface area contributed by atoms with E-state index >= 15 is 0 Å². The van der Waals surface area contributed by atoms with Crippen molar-refractivity contribution in [3.05, 3.63) is 48.6 Å². The van der Waals surface area contributed by atoms with E-state index in [1.165, 1.54) is 212 Å². The highest BCUT2D eigenvalue weighted by molar-refractivity contribution is 4.93. The molecule has 0 atom stereocenters. The summed E-state index contributed by atoms with van der Waals surface area (Å²) >= 11 is 0. The predicted molar refractivity (Wildman–Crippen MR) is 219 cm³/mol. The van der Waals surface area contributed by atoms with E-state index in [1.807, 2.05) is 0 Å². The fourth-order valence-electron chi connectivity index (χ4n) is 7.06. The van der Waals surface area contributed by atoms with Crippen molar-refractivity contribution in [2.75, 3.05) is 26.2 Å². The van der Waals surface area contributed by atoms with Crippen LogP contribution in [0.4, 0.5) is 0 Å². The Morgan fingerprint density at radius 1 is 0.438 bits per heavy atom. The summed E-state index contributed by atoms with van der Waals surface area (Å²) in [5.74, 6) is 0. The molecule has 1 rings (SSSR count). The van der Waals surface area contributed by atoms with Crippen LogP contribution < -0.4 is 5.32 Å². The van der Waals surface area contributed by atoms with Crippen LogP contribution in [0.3, 0.4) is 0 Å². The van der Waals surface area contributed by atoms with E-state index in [9.17, 15) is 0 Å². The normalized spacial score (nSPS) is 15.3. The first-order chi connectivity index (χ1) is 23.9. The van der Waals surface area contributed by atoms with Crippen molar-refractivity contribution in [3.8, 4) is 0 Å². The van der Waals surface area contributed by atoms with Gasteiger partial charge in [-0.15, -0.1) is 0 Å². The van der Waals surface area contributed by atoms with Crippen molar-refractivity contribution >= 4 is 0 Å². The monoisotopic (exact) mass is 667 g/mol. The van der Waals surface area contributed by atoms with Crippen LogP contribution in [0, 0.1) is 0 Å². The molecular formula is C46H86N2. The lowest BCUT2D eigenvalue weighted by molar-refractivity contribution is 0.224. The third-order valence-corrected chi connectivity index (χ3v) is 10.3. The lowest BCUT2D eigenvalue weighted by atomic mass is 9.99. The first-order valence-electron chi connectivity index (χ1n) is 21.9. The molecule has 1 heterocycles. The Hall–Kier alpha value is -1.12. The molecule has 0 bridgehead atoms. The second-order valence-electron chi connectivity index (χ2n) is 15.0. The van der Waals surface area contributed by atoms with Gasteiger partial charge in [0.25, 0.3) is 0 Å². The fraction of sp³-hybridized carbons (Fsp3) is 0.826. The Kier molecular flexibility index (Phi) is 36.2. The average molecular weight is 667 g/mol. The topological polar surface area (TPSA) is 15.3 Å². The zero-order valence-electron chi connectivity index (χ0n) is 32.9. The van der Waals surface area contributed by atoms with Crippen LogP contribution in [0.2, 0.25) is 0 Å². The molecule has 1 N–H and O–H groups in total. The van der Waals surface area contributed by atoms with Gasteiger partial charge in [0.15, 0.2) is 0 Å². The quantitative estimate of drug-likeness (QED) is 0.0529. The van der Waals surface area contributed by atoms with Gasteiger partial charge in [0.1, 0.15) is 0 Å². The summed E-state index contributed by atoms with van der Waals surface area (Å²) in [6.07, 6.45) is 61.1. The average Bonchev–Trinajstić information content (AvgIpc) is 3.11. The molecule has 2 nitrogen and oxygen atoms in total. The van der Waals surface area contributed by atoms with E-state index in [0.29, 0.717) is 0 Å². The summed E-state index contributed by atoms with van der Waals surface area (Å²) in [6.45, 7) is 9.79. The third-order valence-electron chi connectivity index (χ3n) is 10.3. The maximum absolute atomic E-state index is 4.02. The number of nitrogens with zero attached hydrogens (tertiary/aromatic N) is 1. The van der Waals surface area contributed by atoms with Gasteiger partial charge in [0.2, 0.25) is 0 Å². The molecule has 280 valence electrons. The van der Waals surface area contributed by atoms with Crippen molar-refractivity contribution in [2.24, 2.45) is 0 Å². The molecule has 1 saturated heterocycles. The number of likely N-dealkylation sites (tertiary alicyclic amines) is 1. The molecule has 0 amide bonds. The van der Waals surface area contributed by atoms with Crippen LogP contribution in [0.5, 0.6) is 0 Å². The molecule has 0 spiro atoms. The lowest BCUT2D eigenvalue weighted by Crippen LogP contribution is -2.32. The molecule has 48 heavy (non-hydrogen) atoms. The van der Waals surface area contributed by atoms with Gasteiger partial charge >= 0.3 is 0 Å². The van der Waals surface area contributed by atoms with E-state index < -0.39 is 0 Å². The van der Waals surface area contributed by atoms with Gasteiger partial charge in [-0.05, 0) is 129 Å². The summed E-state index contributed by atoms with van der Waals surface area (Å²) < 4.78 is 0. The standard InChI is InChI=1S/C46H86N2/c1-3-5-7-9-11-13-15-17-19-21-23-25-27-29-31-34-40-46(47-42-36-39-45-48-43-37-33-38-44-48)41-35-32-30-28-26-24-22-20-18-16-14-12-10-8-6-4-2/h11-14,17-20,46-47H,3-10,15-16,21-45H2,1-2H3. The Balaban J connectivity index is 2.11. The van der Waals surface area contributed by atoms with Crippen LogP contribution in [0.1, 0.15) is 213 Å². The second-order valence-corrected chi connectivity index (χ2v) is 15.0. The molecular weight excluding hydrogens is 581 g/mol. The van der Waals surface area contributed by atoms with Crippen LogP contribution in [0.15, 0.2) is 48.6 Å². The molecule has 0 radical (unpaired) electrons. The van der Waals surface area contributed by atoms with E-state index in [1.54, 1.807) is 0 Å². The van der Waals surface area contributed by atoms with Crippen molar-refractivity contribution in [1.29, 1.82) is 0 Å². The van der Waals surface area contributed by atoms with Crippen molar-refractivity contribution < 1.29 is 0 Å². The van der Waals surface area contributed by atoms with Gasteiger partial charge in [-0.2, -0.15) is 0 Å². The van der Waals surface area contributed by atoms with Crippen LogP contribution >= 0.6 is 0 Å². The minimum atomic E-state index is 0.747. The smallest absolute Gasteiger partial charge is 0.00670 e. The largest absolute Gasteiger partial charge is 0.314 e. The Bertz CT molecular complexity index is 680. The highest BCUT2D eigenvalue weighted by Gasteiger charge is 2.10. The molecule has 1 aliphatic rings. The molecule has 1 aliphatic heterocycles. The van der Waals surface area contributed by atoms with Crippen LogP contribution in [-0.4, -0.2) is 37.1 Å². The Labute approximate surface area is 303 Å². The number of rotatable bonds is 36. The minimum absolute atomic E-state index is 0.747. The number of nitrogens with one attached hydrogen (secondary N) is 1. The number of hydrogen-bond acceptors (Lipinski definition) is 2. The lowest BCUT2D eigenvalue weighted by Gasteiger charge is -2.26. The number of hydrogen-bond donors (Lipinski definition) is 1. The molecule has 0 aliphatic carbocycles. The van der Waals surface area contributed by atoms with E-state index in [-0.39, 0.29) is 0 Å². The first-order valence-corrected chi connectivity index (χ1v) is 21.9. The number of allylic oxidation sites excluding steroid dienone is 8. The highest BCUT2D eigenvalue weighted by atomic mass is 15.1. The number of unbranched alkanes of at least 4 members (excludes halogenated alkanes) is 19. The van der Waals surface area contributed by atoms with Gasteiger partial charge in [-0.3, -0.25) is 0 Å². The zero-order valence-corrected chi connectivity index (χ0v) is 32.9. The molecule has 0 unspecified atom stereocenters. The Morgan fingerprint density at radius 2 is 0.854 bits per heavy atom. The minimum Gasteiger partial charge on any atom is -0.314 e. The van der Waals surface area contributed by atoms with E-state index in [0.717, 1.165) is 18.9 Å². The zero-order chi connectivity index (χ0) is 34.3. The molecule has 0 saturated carbocycles. The van der Waals surface area contributed by atoms with Gasteiger partial charge in [0, 0.05) is 6.04 Å². The van der Waals surface area contributed by atoms with E-state index in [2.05, 4.69) is 72.7 Å². The van der Waals surface area contributed by atoms with Crippen LogP contribution in [0.25, 0.3) is 0 Å². The molecule has 2 heteroatoms.